The number of phenolic OH excluding ortho intramolecular Hbond substituents is 2. The lowest BCUT2D eigenvalue weighted by Crippen LogP contribution is -2.38. The molecule has 0 aliphatic carbocycles. The Kier molecular flexibility index (Phi) is 9.98. The lowest BCUT2D eigenvalue weighted by atomic mass is 9.92. The van der Waals surface area contributed by atoms with Crippen LogP contribution in [-0.2, 0) is 16.0 Å². The first-order chi connectivity index (χ1) is 25.5. The Morgan fingerprint density at radius 2 is 1.53 bits per heavy atom. The number of nitrogens with one attached hydrogen (secondary N) is 1. The number of hydrogen-bond donors (Lipinski definition) is 4. The van der Waals surface area contributed by atoms with Crippen molar-refractivity contribution in [3.63, 3.8) is 0 Å². The highest BCUT2D eigenvalue weighted by molar-refractivity contribution is 6.39. The lowest BCUT2D eigenvalue weighted by Gasteiger charge is -2.35. The molecule has 0 spiro atoms. The van der Waals surface area contributed by atoms with Crippen LogP contribution in [0.1, 0.15) is 44.8 Å². The minimum absolute atomic E-state index is 0.0830. The van der Waals surface area contributed by atoms with Gasteiger partial charge in [0.1, 0.15) is 23.7 Å². The Bertz CT molecular complexity index is 2210. The summed E-state index contributed by atoms with van der Waals surface area (Å²) in [5.41, 5.74) is 3.33. The van der Waals surface area contributed by atoms with Crippen molar-refractivity contribution in [2.45, 2.75) is 37.8 Å². The van der Waals surface area contributed by atoms with Crippen molar-refractivity contribution in [2.75, 3.05) is 19.0 Å². The normalized spacial score (nSPS) is 18.8. The van der Waals surface area contributed by atoms with E-state index in [2.05, 4.69) is 5.32 Å². The Morgan fingerprint density at radius 1 is 0.811 bits per heavy atom. The molecule has 272 valence electrons. The van der Waals surface area contributed by atoms with E-state index in [0.29, 0.717) is 49.4 Å². The molecule has 2 aliphatic heterocycles. The zero-order chi connectivity index (χ0) is 37.4. The minimum Gasteiger partial charge on any atom is -0.507 e. The first-order valence-electron chi connectivity index (χ1n) is 16.5. The van der Waals surface area contributed by atoms with Crippen LogP contribution in [0.4, 0.5) is 11.4 Å². The number of halogens is 2. The first-order valence-corrected chi connectivity index (χ1v) is 17.3. The van der Waals surface area contributed by atoms with Crippen LogP contribution in [0.15, 0.2) is 91.0 Å². The number of anilines is 2. The molecule has 0 radical (unpaired) electrons. The van der Waals surface area contributed by atoms with E-state index in [9.17, 15) is 24.9 Å². The van der Waals surface area contributed by atoms with Gasteiger partial charge >= 0.3 is 5.97 Å². The van der Waals surface area contributed by atoms with Crippen LogP contribution in [0, 0.1) is 6.92 Å². The third kappa shape index (κ3) is 7.23. The number of Topliss-reactive ketones (excluding diaryl/α,β-unsaturated/α-hetero) is 1. The fourth-order valence-corrected chi connectivity index (χ4v) is 6.84. The molecule has 0 fully saturated rings. The summed E-state index contributed by atoms with van der Waals surface area (Å²) in [6.07, 6.45) is -4.51. The average molecular weight is 759 g/mol. The van der Waals surface area contributed by atoms with Crippen molar-refractivity contribution in [3.8, 4) is 34.5 Å². The standard InChI is InChI=1S/C40H33Cl2NO10/c1-20-14-28(45)35-32(15-20)53-40(38(48)37(35)47)23-11-13-29-31(17-23)52-39(22-10-12-27(44)30(16-22)49-2)33(51-29)19-50-34(46)18-21-6-3-4-9-26(21)43-36-24(41)7-5-8-25(36)42/h3-17,33,38-40,43-45,48H,18-19H2,1-2H3/t33-,38?,39?,40-/m0/s1. The Labute approximate surface area is 314 Å². The van der Waals surface area contributed by atoms with Crippen LogP contribution in [0.2, 0.25) is 10.0 Å². The number of ether oxygens (including phenoxy) is 5. The molecule has 2 unspecified atom stereocenters. The van der Waals surface area contributed by atoms with Crippen LogP contribution in [0.5, 0.6) is 34.5 Å². The van der Waals surface area contributed by atoms with Crippen LogP contribution in [-0.4, -0.2) is 53.0 Å². The van der Waals surface area contributed by atoms with Crippen molar-refractivity contribution in [3.05, 3.63) is 129 Å². The molecular weight excluding hydrogens is 725 g/mol. The number of ketones is 1. The number of fused-ring (bicyclic) bond motifs is 2. The maximum atomic E-state index is 13.3. The van der Waals surface area contributed by atoms with E-state index in [-0.39, 0.29) is 47.3 Å². The number of carbonyl (C=O) groups excluding carboxylic acids is 2. The number of aliphatic hydroxyl groups is 1. The number of phenols is 2. The van der Waals surface area contributed by atoms with Crippen LogP contribution in [0.3, 0.4) is 0 Å². The van der Waals surface area contributed by atoms with Crippen molar-refractivity contribution < 1.29 is 48.6 Å². The number of benzene rings is 5. The smallest absolute Gasteiger partial charge is 0.310 e. The summed E-state index contributed by atoms with van der Waals surface area (Å²) in [5.74, 6) is -0.644. The summed E-state index contributed by atoms with van der Waals surface area (Å²) in [4.78, 5) is 26.4. The van der Waals surface area contributed by atoms with E-state index in [1.54, 1.807) is 79.7 Å². The number of carbonyl (C=O) groups is 2. The molecule has 5 aromatic rings. The molecule has 4 atom stereocenters. The van der Waals surface area contributed by atoms with Gasteiger partial charge in [-0.3, -0.25) is 9.59 Å². The van der Waals surface area contributed by atoms with Gasteiger partial charge in [-0.05, 0) is 78.2 Å². The highest BCUT2D eigenvalue weighted by Crippen LogP contribution is 2.45. The number of para-hydroxylation sites is 2. The zero-order valence-electron chi connectivity index (χ0n) is 28.3. The van der Waals surface area contributed by atoms with Crippen molar-refractivity contribution >= 4 is 46.3 Å². The van der Waals surface area contributed by atoms with Crippen molar-refractivity contribution in [1.29, 1.82) is 0 Å². The third-order valence-electron chi connectivity index (χ3n) is 8.96. The van der Waals surface area contributed by atoms with E-state index in [1.807, 2.05) is 6.07 Å². The van der Waals surface area contributed by atoms with E-state index < -0.39 is 36.2 Å². The molecule has 7 rings (SSSR count). The predicted molar refractivity (Wildman–Crippen MR) is 196 cm³/mol. The number of methoxy groups -OCH3 is 1. The molecule has 0 aromatic heterocycles. The van der Waals surface area contributed by atoms with Gasteiger partial charge < -0.3 is 44.3 Å². The van der Waals surface area contributed by atoms with Crippen LogP contribution in [0.25, 0.3) is 0 Å². The molecule has 2 heterocycles. The number of aliphatic hydroxyl groups excluding tert-OH is 1. The van der Waals surface area contributed by atoms with Gasteiger partial charge in [0, 0.05) is 11.3 Å². The largest absolute Gasteiger partial charge is 0.507 e. The van der Waals surface area contributed by atoms with E-state index in [1.165, 1.54) is 19.2 Å². The molecule has 13 heteroatoms. The molecule has 4 N–H and O–H groups in total. The second-order valence-electron chi connectivity index (χ2n) is 12.6. The van der Waals surface area contributed by atoms with Crippen molar-refractivity contribution in [2.24, 2.45) is 0 Å². The van der Waals surface area contributed by atoms with Gasteiger partial charge in [0.05, 0.1) is 29.3 Å². The zero-order valence-corrected chi connectivity index (χ0v) is 29.9. The van der Waals surface area contributed by atoms with E-state index in [4.69, 9.17) is 46.9 Å². The van der Waals surface area contributed by atoms with Gasteiger partial charge in [-0.15, -0.1) is 0 Å². The SMILES string of the molecule is COc1cc(C2Oc3cc([C@@H]4Oc5cc(C)cc(O)c5C(=O)C4O)ccc3O[C@H]2COC(=O)Cc2ccccc2Nc2c(Cl)cccc2Cl)ccc1O. The fraction of sp³-hybridized carbons (Fsp3) is 0.200. The quantitative estimate of drug-likeness (QED) is 0.109. The maximum Gasteiger partial charge on any atom is 0.310 e. The summed E-state index contributed by atoms with van der Waals surface area (Å²) < 4.78 is 30.0. The number of esters is 1. The molecule has 2 aliphatic rings. The van der Waals surface area contributed by atoms with Gasteiger partial charge in [0.15, 0.2) is 47.4 Å². The number of aromatic hydroxyl groups is 2. The average Bonchev–Trinajstić information content (AvgIpc) is 3.13. The maximum absolute atomic E-state index is 13.3. The number of aryl methyl sites for hydroxylation is 1. The molecule has 0 bridgehead atoms. The summed E-state index contributed by atoms with van der Waals surface area (Å²) >= 11 is 12.7. The summed E-state index contributed by atoms with van der Waals surface area (Å²) in [6.45, 7) is 1.54. The molecule has 0 amide bonds. The molecule has 53 heavy (non-hydrogen) atoms. The fourth-order valence-electron chi connectivity index (χ4n) is 6.35. The van der Waals surface area contributed by atoms with E-state index >= 15 is 0 Å². The van der Waals surface area contributed by atoms with Gasteiger partial charge in [-0.1, -0.05) is 59.6 Å². The summed E-state index contributed by atoms with van der Waals surface area (Å²) in [5, 5.41) is 35.7. The van der Waals surface area contributed by atoms with Crippen LogP contribution >= 0.6 is 23.2 Å². The number of rotatable bonds is 9. The molecule has 5 aromatic carbocycles. The predicted octanol–water partition coefficient (Wildman–Crippen LogP) is 7.81. The van der Waals surface area contributed by atoms with Crippen LogP contribution < -0.4 is 24.3 Å². The molecule has 11 nitrogen and oxygen atoms in total. The van der Waals surface area contributed by atoms with Gasteiger partial charge in [-0.25, -0.2) is 0 Å². The second kappa shape index (κ2) is 14.8. The second-order valence-corrected chi connectivity index (χ2v) is 13.4. The third-order valence-corrected chi connectivity index (χ3v) is 9.59. The monoisotopic (exact) mass is 757 g/mol. The minimum atomic E-state index is -1.61. The first kappa shape index (κ1) is 35.8. The van der Waals surface area contributed by atoms with Crippen molar-refractivity contribution in [1.82, 2.24) is 0 Å². The Hall–Kier alpha value is -5.62. The molecule has 0 saturated carbocycles. The van der Waals surface area contributed by atoms with Gasteiger partial charge in [0.2, 0.25) is 5.78 Å². The van der Waals surface area contributed by atoms with Gasteiger partial charge in [0.25, 0.3) is 0 Å². The summed E-state index contributed by atoms with van der Waals surface area (Å²) in [7, 11) is 1.42. The number of hydrogen-bond acceptors (Lipinski definition) is 11. The highest BCUT2D eigenvalue weighted by atomic mass is 35.5. The molecular formula is C40H33Cl2NO10. The topological polar surface area (TPSA) is 153 Å². The Morgan fingerprint density at radius 3 is 2.30 bits per heavy atom. The van der Waals surface area contributed by atoms with Gasteiger partial charge in [-0.2, -0.15) is 0 Å². The lowest BCUT2D eigenvalue weighted by molar-refractivity contribution is -0.147. The van der Waals surface area contributed by atoms with E-state index in [0.717, 1.165) is 0 Å². The highest BCUT2D eigenvalue weighted by Gasteiger charge is 2.41. The molecule has 0 saturated heterocycles. The summed E-state index contributed by atoms with van der Waals surface area (Å²) in [6, 6.07) is 24.9. The Balaban J connectivity index is 1.13.